The molecule has 4 N–H and O–H groups in total. The minimum atomic E-state index is -3.19. The second-order valence-electron chi connectivity index (χ2n) is 7.75. The third kappa shape index (κ3) is 4.56. The number of benzene rings is 1. The summed E-state index contributed by atoms with van der Waals surface area (Å²) in [6, 6.07) is 5.09. The van der Waals surface area contributed by atoms with Crippen LogP contribution < -0.4 is 5.73 Å². The highest BCUT2D eigenvalue weighted by molar-refractivity contribution is 8.07. The van der Waals surface area contributed by atoms with E-state index in [2.05, 4.69) is 15.0 Å². The van der Waals surface area contributed by atoms with Crippen LogP contribution in [0.1, 0.15) is 24.3 Å². The van der Waals surface area contributed by atoms with Gasteiger partial charge in [-0.3, -0.25) is 4.57 Å². The van der Waals surface area contributed by atoms with Crippen molar-refractivity contribution >= 4 is 58.7 Å². The molecule has 0 aliphatic carbocycles. The molecule has 4 heterocycles. The number of rotatable bonds is 5. The average Bonchev–Trinajstić information content (AvgIpc) is 3.36. The Labute approximate surface area is 209 Å². The Morgan fingerprint density at radius 1 is 1.24 bits per heavy atom. The van der Waals surface area contributed by atoms with E-state index in [1.54, 1.807) is 18.2 Å². The zero-order valence-electron chi connectivity index (χ0n) is 17.4. The van der Waals surface area contributed by atoms with Crippen LogP contribution in [-0.2, 0) is 30.1 Å². The molecule has 0 bridgehead atoms. The summed E-state index contributed by atoms with van der Waals surface area (Å²) in [6.45, 7) is -3.07. The molecule has 0 spiro atoms. The summed E-state index contributed by atoms with van der Waals surface area (Å²) in [4.78, 5) is 12.2. The molecule has 2 aliphatic rings. The van der Waals surface area contributed by atoms with Gasteiger partial charge in [0.1, 0.15) is 30.2 Å². The number of hydrogen-bond acceptors (Lipinski definition) is 11. The number of nitrogen functional groups attached to an aromatic ring is 1. The summed E-state index contributed by atoms with van der Waals surface area (Å²) >= 11 is 17.9. The van der Waals surface area contributed by atoms with E-state index < -0.39 is 37.4 Å². The Bertz CT molecular complexity index is 1270. The van der Waals surface area contributed by atoms with Crippen molar-refractivity contribution in [2.75, 3.05) is 18.9 Å². The summed E-state index contributed by atoms with van der Waals surface area (Å²) in [6.07, 6.45) is -1.70. The van der Waals surface area contributed by atoms with E-state index in [0.717, 1.165) is 0 Å². The number of anilines is 1. The fourth-order valence-corrected chi connectivity index (χ4v) is 6.39. The predicted octanol–water partition coefficient (Wildman–Crippen LogP) is 2.75. The molecule has 2 aromatic heterocycles. The summed E-state index contributed by atoms with van der Waals surface area (Å²) in [5.41, 5.74) is 7.23. The number of ether oxygens (including phenoxy) is 1. The molecule has 5 rings (SSSR count). The molecule has 2 aliphatic heterocycles. The zero-order chi connectivity index (χ0) is 24.0. The van der Waals surface area contributed by atoms with Crippen molar-refractivity contribution in [3.05, 3.63) is 46.5 Å². The van der Waals surface area contributed by atoms with Gasteiger partial charge >= 0.3 is 6.72 Å². The van der Waals surface area contributed by atoms with Crippen molar-refractivity contribution in [1.82, 2.24) is 19.5 Å². The fourth-order valence-electron chi connectivity index (χ4n) is 3.87. The van der Waals surface area contributed by atoms with Crippen molar-refractivity contribution in [2.24, 2.45) is 0 Å². The highest BCUT2D eigenvalue weighted by atomic mass is 35.5. The first kappa shape index (κ1) is 24.3. The van der Waals surface area contributed by atoms with Crippen LogP contribution in [0, 0.1) is 0 Å². The summed E-state index contributed by atoms with van der Waals surface area (Å²) in [5.74, 6) is 0.190. The van der Waals surface area contributed by atoms with Crippen LogP contribution in [0.2, 0.25) is 10.0 Å². The number of aromatic nitrogens is 4. The number of hydrogen-bond donors (Lipinski definition) is 3. The lowest BCUT2D eigenvalue weighted by Crippen LogP contribution is -2.34. The Kier molecular flexibility index (Phi) is 6.81. The molecule has 0 radical (unpaired) electrons. The van der Waals surface area contributed by atoms with E-state index in [9.17, 15) is 10.2 Å². The van der Waals surface area contributed by atoms with E-state index in [-0.39, 0.29) is 12.4 Å². The lowest BCUT2D eigenvalue weighted by molar-refractivity contribution is -0.0533. The van der Waals surface area contributed by atoms with Gasteiger partial charge < -0.3 is 34.3 Å². The molecule has 6 atom stereocenters. The van der Waals surface area contributed by atoms with Gasteiger partial charge in [0, 0.05) is 22.0 Å². The molecule has 0 amide bonds. The Balaban J connectivity index is 1.28. The number of aliphatic hydroxyl groups excluding tert-OH is 2. The van der Waals surface area contributed by atoms with Crippen LogP contribution in [0.25, 0.3) is 11.2 Å². The molecule has 34 heavy (non-hydrogen) atoms. The van der Waals surface area contributed by atoms with Gasteiger partial charge in [-0.1, -0.05) is 23.2 Å². The Morgan fingerprint density at radius 3 is 2.88 bits per heavy atom. The lowest BCUT2D eigenvalue weighted by Gasteiger charge is -2.33. The maximum Gasteiger partial charge on any atom is 0.327 e. The number of fused-ring (bicyclic) bond motifs is 1. The van der Waals surface area contributed by atoms with E-state index in [1.165, 1.54) is 17.2 Å². The van der Waals surface area contributed by atoms with E-state index in [4.69, 9.17) is 59.1 Å². The quantitative estimate of drug-likeness (QED) is 0.405. The molecule has 2 fully saturated rings. The molecule has 1 unspecified atom stereocenters. The van der Waals surface area contributed by atoms with E-state index in [0.29, 0.717) is 39.8 Å². The minimum Gasteiger partial charge on any atom is -0.387 e. The first-order valence-electron chi connectivity index (χ1n) is 10.2. The minimum absolute atomic E-state index is 0.175. The highest BCUT2D eigenvalue weighted by Gasteiger charge is 2.45. The first-order valence-corrected chi connectivity index (χ1v) is 13.5. The molecule has 182 valence electrons. The molecule has 0 saturated carbocycles. The SMILES string of the molecule is Nc1ncnc2c1ncn2[C@@H]1O[C@H](COP2(=S)OCC[C@H](c3cc(Cl)ccc3Cl)O2)[C@H](O)[C@@H]1O. The van der Waals surface area contributed by atoms with Gasteiger partial charge in [0.25, 0.3) is 0 Å². The third-order valence-electron chi connectivity index (χ3n) is 5.59. The molecule has 1 aromatic carbocycles. The van der Waals surface area contributed by atoms with Gasteiger partial charge in [0.2, 0.25) is 0 Å². The number of nitrogens with two attached hydrogens (primary N) is 1. The van der Waals surface area contributed by atoms with Crippen molar-refractivity contribution in [3.63, 3.8) is 0 Å². The maximum atomic E-state index is 10.6. The standard InChI is InChI=1S/C19H20Cl2N5O6PS/c20-9-1-2-11(21)10(5-9)12-3-4-29-33(34,32-12)30-6-13-15(27)16(28)19(31-13)26-8-25-14-17(22)23-7-24-18(14)26/h1-2,5,7-8,12-13,15-16,19,27-28H,3-4,6H2,(H2,22,23,24)/t12-,13-,15+,16+,19-,33?/m1/s1. The molecule has 2 saturated heterocycles. The zero-order valence-corrected chi connectivity index (χ0v) is 20.6. The van der Waals surface area contributed by atoms with Crippen LogP contribution in [0.15, 0.2) is 30.9 Å². The molecule has 11 nitrogen and oxygen atoms in total. The summed E-state index contributed by atoms with van der Waals surface area (Å²) < 4.78 is 24.8. The fraction of sp³-hybridized carbons (Fsp3) is 0.421. The van der Waals surface area contributed by atoms with Crippen LogP contribution in [0.3, 0.4) is 0 Å². The van der Waals surface area contributed by atoms with Crippen molar-refractivity contribution < 1.29 is 28.5 Å². The van der Waals surface area contributed by atoms with Gasteiger partial charge in [-0.2, -0.15) is 0 Å². The second kappa shape index (κ2) is 9.55. The van der Waals surface area contributed by atoms with Crippen molar-refractivity contribution in [1.29, 1.82) is 0 Å². The normalized spacial score (nSPS) is 31.8. The Hall–Kier alpha value is -1.44. The van der Waals surface area contributed by atoms with Crippen LogP contribution >= 0.6 is 29.9 Å². The van der Waals surface area contributed by atoms with Crippen LogP contribution in [0.4, 0.5) is 5.82 Å². The largest absolute Gasteiger partial charge is 0.387 e. The highest BCUT2D eigenvalue weighted by Crippen LogP contribution is 2.58. The van der Waals surface area contributed by atoms with Crippen molar-refractivity contribution in [3.8, 4) is 0 Å². The predicted molar refractivity (Wildman–Crippen MR) is 127 cm³/mol. The second-order valence-corrected chi connectivity index (χ2v) is 11.6. The van der Waals surface area contributed by atoms with Gasteiger partial charge in [-0.25, -0.2) is 15.0 Å². The third-order valence-corrected chi connectivity index (χ3v) is 8.53. The van der Waals surface area contributed by atoms with Crippen LogP contribution in [0.5, 0.6) is 0 Å². The smallest absolute Gasteiger partial charge is 0.327 e. The monoisotopic (exact) mass is 547 g/mol. The van der Waals surface area contributed by atoms with E-state index >= 15 is 0 Å². The van der Waals surface area contributed by atoms with Gasteiger partial charge in [0.15, 0.2) is 17.7 Å². The number of halogens is 2. The Morgan fingerprint density at radius 2 is 2.06 bits per heavy atom. The lowest BCUT2D eigenvalue weighted by atomic mass is 10.1. The number of nitrogens with zero attached hydrogens (tertiary/aromatic N) is 4. The van der Waals surface area contributed by atoms with Gasteiger partial charge in [-0.15, -0.1) is 0 Å². The molecule has 15 heteroatoms. The first-order chi connectivity index (χ1) is 16.3. The van der Waals surface area contributed by atoms with Crippen molar-refractivity contribution in [2.45, 2.75) is 37.1 Å². The number of imidazole rings is 1. The van der Waals surface area contributed by atoms with Gasteiger partial charge in [-0.05, 0) is 30.0 Å². The number of aliphatic hydroxyl groups is 2. The molecular weight excluding hydrogens is 528 g/mol. The summed E-state index contributed by atoms with van der Waals surface area (Å²) in [5, 5.41) is 22.2. The van der Waals surface area contributed by atoms with Crippen LogP contribution in [-0.4, -0.2) is 61.3 Å². The van der Waals surface area contributed by atoms with Gasteiger partial charge in [0.05, 0.1) is 25.6 Å². The summed E-state index contributed by atoms with van der Waals surface area (Å²) in [7, 11) is 0. The topological polar surface area (TPSA) is 147 Å². The maximum absolute atomic E-state index is 10.6. The molecular formula is C19H20Cl2N5O6PS. The van der Waals surface area contributed by atoms with E-state index in [1.807, 2.05) is 0 Å². The average molecular weight is 548 g/mol. The molecule has 3 aromatic rings.